The number of aryl methyl sites for hydroxylation is 2. The molecule has 168 valence electrons. The molecule has 1 heterocycles. The predicted octanol–water partition coefficient (Wildman–Crippen LogP) is 2.92. The average Bonchev–Trinajstić information content (AvgIpc) is 2.75. The fourth-order valence-electron chi connectivity index (χ4n) is 4.01. The van der Waals surface area contributed by atoms with Crippen LogP contribution in [-0.4, -0.2) is 59.5 Å². The summed E-state index contributed by atoms with van der Waals surface area (Å²) in [4.78, 5) is 13.5. The van der Waals surface area contributed by atoms with Crippen LogP contribution in [0.25, 0.3) is 0 Å². The van der Waals surface area contributed by atoms with Crippen molar-refractivity contribution < 1.29 is 19.7 Å². The quantitative estimate of drug-likeness (QED) is 0.542. The third-order valence-corrected chi connectivity index (χ3v) is 5.87. The third kappa shape index (κ3) is 7.35. The van der Waals surface area contributed by atoms with Gasteiger partial charge in [0.2, 0.25) is 0 Å². The summed E-state index contributed by atoms with van der Waals surface area (Å²) in [5, 5.41) is 22.8. The number of rotatable bonds is 10. The van der Waals surface area contributed by atoms with Gasteiger partial charge in [-0.05, 0) is 57.0 Å². The molecule has 0 amide bonds. The number of nitrogens with zero attached hydrogens (tertiary/aromatic N) is 1. The fourth-order valence-corrected chi connectivity index (χ4v) is 4.01. The summed E-state index contributed by atoms with van der Waals surface area (Å²) < 4.78 is 5.68. The third-order valence-electron chi connectivity index (χ3n) is 5.87. The topological polar surface area (TPSA) is 82.0 Å². The Morgan fingerprint density at radius 3 is 2.65 bits per heavy atom. The molecule has 2 aromatic rings. The summed E-state index contributed by atoms with van der Waals surface area (Å²) in [5.74, 6) is -0.383. The van der Waals surface area contributed by atoms with E-state index in [0.29, 0.717) is 23.9 Å². The second-order valence-corrected chi connectivity index (χ2v) is 8.53. The number of para-hydroxylation sites is 1. The normalized spacial score (nSPS) is 16.2. The Hall–Kier alpha value is -2.41. The van der Waals surface area contributed by atoms with Crippen molar-refractivity contribution in [2.45, 2.75) is 51.8 Å². The molecule has 1 aliphatic heterocycles. The number of carboxylic acids is 1. The Morgan fingerprint density at radius 2 is 1.90 bits per heavy atom. The highest BCUT2D eigenvalue weighted by atomic mass is 16.5. The van der Waals surface area contributed by atoms with Crippen molar-refractivity contribution in [2.75, 3.05) is 26.2 Å². The maximum absolute atomic E-state index is 11.0. The molecule has 0 aliphatic carbocycles. The van der Waals surface area contributed by atoms with Crippen molar-refractivity contribution in [3.05, 3.63) is 64.7 Å². The summed E-state index contributed by atoms with van der Waals surface area (Å²) in [6, 6.07) is 14.1. The SMILES string of the molecule is Cc1ccc(C)c(CN2CCC(NC[C@@H](O)COc3ccccc3CC(=O)O)CC2)c1. The Morgan fingerprint density at radius 1 is 1.16 bits per heavy atom. The van der Waals surface area contributed by atoms with E-state index in [1.165, 1.54) is 16.7 Å². The second-order valence-electron chi connectivity index (χ2n) is 8.53. The first kappa shape index (κ1) is 23.3. The van der Waals surface area contributed by atoms with E-state index in [9.17, 15) is 9.90 Å². The van der Waals surface area contributed by atoms with Gasteiger partial charge in [-0.2, -0.15) is 0 Å². The van der Waals surface area contributed by atoms with Gasteiger partial charge >= 0.3 is 5.97 Å². The largest absolute Gasteiger partial charge is 0.491 e. The molecule has 31 heavy (non-hydrogen) atoms. The first-order valence-corrected chi connectivity index (χ1v) is 11.0. The molecule has 0 aromatic heterocycles. The fraction of sp³-hybridized carbons (Fsp3) is 0.480. The monoisotopic (exact) mass is 426 g/mol. The molecule has 1 atom stereocenters. The van der Waals surface area contributed by atoms with Crippen molar-refractivity contribution in [1.82, 2.24) is 10.2 Å². The van der Waals surface area contributed by atoms with Gasteiger partial charge in [0.1, 0.15) is 18.5 Å². The highest BCUT2D eigenvalue weighted by Crippen LogP contribution is 2.19. The van der Waals surface area contributed by atoms with Crippen molar-refractivity contribution in [2.24, 2.45) is 0 Å². The van der Waals surface area contributed by atoms with Gasteiger partial charge < -0.3 is 20.3 Å². The van der Waals surface area contributed by atoms with Gasteiger partial charge in [-0.15, -0.1) is 0 Å². The van der Waals surface area contributed by atoms with Crippen LogP contribution >= 0.6 is 0 Å². The number of nitrogens with one attached hydrogen (secondary N) is 1. The molecule has 0 saturated carbocycles. The maximum Gasteiger partial charge on any atom is 0.307 e. The number of aliphatic hydroxyl groups excluding tert-OH is 1. The lowest BCUT2D eigenvalue weighted by Crippen LogP contribution is -2.45. The van der Waals surface area contributed by atoms with Gasteiger partial charge in [0, 0.05) is 24.7 Å². The lowest BCUT2D eigenvalue weighted by Gasteiger charge is -2.33. The summed E-state index contributed by atoms with van der Waals surface area (Å²) in [5.41, 5.74) is 4.67. The molecule has 0 radical (unpaired) electrons. The number of benzene rings is 2. The van der Waals surface area contributed by atoms with E-state index in [2.05, 4.69) is 42.3 Å². The second kappa shape index (κ2) is 11.3. The van der Waals surface area contributed by atoms with Crippen LogP contribution in [0.3, 0.4) is 0 Å². The number of carboxylic acid groups (broad SMARTS) is 1. The Kier molecular flexibility index (Phi) is 8.46. The van der Waals surface area contributed by atoms with E-state index < -0.39 is 12.1 Å². The molecule has 0 spiro atoms. The Labute approximate surface area is 184 Å². The number of carbonyl (C=O) groups is 1. The van der Waals surface area contributed by atoms with Crippen molar-refractivity contribution in [3.8, 4) is 5.75 Å². The first-order valence-electron chi connectivity index (χ1n) is 11.0. The van der Waals surface area contributed by atoms with Gasteiger partial charge in [-0.3, -0.25) is 9.69 Å². The number of hydrogen-bond donors (Lipinski definition) is 3. The lowest BCUT2D eigenvalue weighted by molar-refractivity contribution is -0.136. The molecule has 6 nitrogen and oxygen atoms in total. The molecule has 0 unspecified atom stereocenters. The molecular formula is C25H34N2O4. The smallest absolute Gasteiger partial charge is 0.307 e. The molecule has 0 bridgehead atoms. The molecule has 6 heteroatoms. The van der Waals surface area contributed by atoms with Crippen molar-refractivity contribution >= 4 is 5.97 Å². The summed E-state index contributed by atoms with van der Waals surface area (Å²) >= 11 is 0. The van der Waals surface area contributed by atoms with Crippen molar-refractivity contribution in [3.63, 3.8) is 0 Å². The van der Waals surface area contributed by atoms with Crippen LogP contribution in [0.1, 0.15) is 35.1 Å². The zero-order valence-electron chi connectivity index (χ0n) is 18.5. The van der Waals surface area contributed by atoms with Gasteiger partial charge in [0.15, 0.2) is 0 Å². The van der Waals surface area contributed by atoms with Crippen LogP contribution in [-0.2, 0) is 17.8 Å². The highest BCUT2D eigenvalue weighted by molar-refractivity contribution is 5.71. The van der Waals surface area contributed by atoms with Crippen LogP contribution in [0.2, 0.25) is 0 Å². The van der Waals surface area contributed by atoms with Crippen LogP contribution < -0.4 is 10.1 Å². The number of ether oxygens (including phenoxy) is 1. The van der Waals surface area contributed by atoms with Gasteiger partial charge in [-0.1, -0.05) is 42.0 Å². The van der Waals surface area contributed by atoms with E-state index in [0.717, 1.165) is 32.5 Å². The molecule has 1 fully saturated rings. The molecule has 1 saturated heterocycles. The van der Waals surface area contributed by atoms with E-state index in [4.69, 9.17) is 9.84 Å². The van der Waals surface area contributed by atoms with E-state index >= 15 is 0 Å². The standard InChI is InChI=1S/C25H34N2O4/c1-18-7-8-19(2)21(13-18)16-27-11-9-22(10-12-27)26-15-23(28)17-31-24-6-4-3-5-20(24)14-25(29)30/h3-8,13,22-23,26,28H,9-12,14-17H2,1-2H3,(H,29,30)/t23-/m1/s1. The lowest BCUT2D eigenvalue weighted by atomic mass is 10.0. The minimum Gasteiger partial charge on any atom is -0.491 e. The Balaban J connectivity index is 1.38. The summed E-state index contributed by atoms with van der Waals surface area (Å²) in [6.45, 7) is 7.98. The van der Waals surface area contributed by atoms with Crippen LogP contribution in [0, 0.1) is 13.8 Å². The van der Waals surface area contributed by atoms with E-state index in [1.54, 1.807) is 24.3 Å². The molecular weight excluding hydrogens is 392 g/mol. The summed E-state index contributed by atoms with van der Waals surface area (Å²) in [6.07, 6.45) is 1.37. The van der Waals surface area contributed by atoms with Gasteiger partial charge in [-0.25, -0.2) is 0 Å². The molecule has 2 aromatic carbocycles. The van der Waals surface area contributed by atoms with Crippen LogP contribution in [0.4, 0.5) is 0 Å². The van der Waals surface area contributed by atoms with Crippen LogP contribution in [0.15, 0.2) is 42.5 Å². The van der Waals surface area contributed by atoms with E-state index in [1.807, 2.05) is 0 Å². The average molecular weight is 427 g/mol. The predicted molar refractivity (Wildman–Crippen MR) is 122 cm³/mol. The molecule has 3 rings (SSSR count). The van der Waals surface area contributed by atoms with Gasteiger partial charge in [0.05, 0.1) is 6.42 Å². The number of piperidine rings is 1. The maximum atomic E-state index is 11.0. The highest BCUT2D eigenvalue weighted by Gasteiger charge is 2.20. The van der Waals surface area contributed by atoms with E-state index in [-0.39, 0.29) is 13.0 Å². The van der Waals surface area contributed by atoms with Gasteiger partial charge in [0.25, 0.3) is 0 Å². The zero-order valence-corrected chi connectivity index (χ0v) is 18.5. The van der Waals surface area contributed by atoms with Crippen LogP contribution in [0.5, 0.6) is 5.75 Å². The minimum atomic E-state index is -0.901. The molecule has 1 aliphatic rings. The Bertz CT molecular complexity index is 862. The summed E-state index contributed by atoms with van der Waals surface area (Å²) in [7, 11) is 0. The first-order chi connectivity index (χ1) is 14.9. The van der Waals surface area contributed by atoms with Crippen molar-refractivity contribution in [1.29, 1.82) is 0 Å². The molecule has 3 N–H and O–H groups in total. The number of aliphatic hydroxyl groups is 1. The number of hydrogen-bond acceptors (Lipinski definition) is 5. The number of likely N-dealkylation sites (tertiary alicyclic amines) is 1. The number of aliphatic carboxylic acids is 1. The zero-order chi connectivity index (χ0) is 22.2. The minimum absolute atomic E-state index is 0.0921.